The van der Waals surface area contributed by atoms with Gasteiger partial charge in [-0.1, -0.05) is 11.8 Å². The van der Waals surface area contributed by atoms with Gasteiger partial charge in [0.1, 0.15) is 5.78 Å². The van der Waals surface area contributed by atoms with E-state index in [1.54, 1.807) is 0 Å². The number of amides is 1. The first kappa shape index (κ1) is 15.8. The molecule has 1 N–H and O–H groups in total. The van der Waals surface area contributed by atoms with Gasteiger partial charge >= 0.3 is 0 Å². The van der Waals surface area contributed by atoms with Crippen LogP contribution in [0.4, 0.5) is 5.69 Å². The number of ketones is 1. The standard InChI is InChI=1S/C17H21NO2S/c1-17(2,3)9-8-15-10-13(11-21-15)18-16(20)12-4-6-14(19)7-5-12/h10-12H,4-7H2,1-3H3,(H,18,20). The van der Waals surface area contributed by atoms with Gasteiger partial charge in [-0.05, 0) is 39.7 Å². The molecule has 112 valence electrons. The van der Waals surface area contributed by atoms with Crippen molar-refractivity contribution in [2.75, 3.05) is 5.32 Å². The third-order valence-corrected chi connectivity index (χ3v) is 4.19. The van der Waals surface area contributed by atoms with E-state index in [-0.39, 0.29) is 23.0 Å². The number of rotatable bonds is 2. The fourth-order valence-corrected chi connectivity index (χ4v) is 2.85. The first-order valence-corrected chi connectivity index (χ1v) is 8.16. The highest BCUT2D eigenvalue weighted by molar-refractivity contribution is 7.11. The molecule has 0 spiro atoms. The molecule has 0 atom stereocenters. The van der Waals surface area contributed by atoms with Crippen molar-refractivity contribution in [1.29, 1.82) is 0 Å². The van der Waals surface area contributed by atoms with E-state index < -0.39 is 0 Å². The maximum absolute atomic E-state index is 12.1. The maximum Gasteiger partial charge on any atom is 0.227 e. The summed E-state index contributed by atoms with van der Waals surface area (Å²) in [6, 6.07) is 1.91. The van der Waals surface area contributed by atoms with Crippen LogP contribution >= 0.6 is 11.3 Å². The summed E-state index contributed by atoms with van der Waals surface area (Å²) >= 11 is 1.54. The minimum Gasteiger partial charge on any atom is -0.325 e. The number of nitrogens with one attached hydrogen (secondary N) is 1. The Balaban J connectivity index is 1.94. The Kier molecular flexibility index (Phi) is 4.84. The van der Waals surface area contributed by atoms with E-state index in [4.69, 9.17) is 0 Å². The topological polar surface area (TPSA) is 46.2 Å². The van der Waals surface area contributed by atoms with E-state index in [1.807, 2.05) is 11.4 Å². The monoisotopic (exact) mass is 303 g/mol. The highest BCUT2D eigenvalue weighted by atomic mass is 32.1. The lowest BCUT2D eigenvalue weighted by Crippen LogP contribution is -2.26. The number of carbonyl (C=O) groups excluding carboxylic acids is 2. The molecule has 3 nitrogen and oxygen atoms in total. The summed E-state index contributed by atoms with van der Waals surface area (Å²) in [5.74, 6) is 6.58. The Bertz CT molecular complexity index is 588. The third kappa shape index (κ3) is 5.02. The van der Waals surface area contributed by atoms with E-state index in [9.17, 15) is 9.59 Å². The van der Waals surface area contributed by atoms with Gasteiger partial charge in [0.2, 0.25) is 5.91 Å². The largest absolute Gasteiger partial charge is 0.325 e. The molecule has 1 aliphatic carbocycles. The lowest BCUT2D eigenvalue weighted by atomic mass is 9.88. The van der Waals surface area contributed by atoms with E-state index >= 15 is 0 Å². The molecule has 1 saturated carbocycles. The number of carbonyl (C=O) groups is 2. The molecule has 21 heavy (non-hydrogen) atoms. The molecule has 1 aromatic rings. The van der Waals surface area contributed by atoms with E-state index in [2.05, 4.69) is 37.9 Å². The van der Waals surface area contributed by atoms with Crippen molar-refractivity contribution in [1.82, 2.24) is 0 Å². The van der Waals surface area contributed by atoms with Gasteiger partial charge in [-0.15, -0.1) is 11.3 Å². The van der Waals surface area contributed by atoms with Crippen LogP contribution in [-0.2, 0) is 9.59 Å². The molecular formula is C17H21NO2S. The molecule has 0 unspecified atom stereocenters. The molecule has 2 rings (SSSR count). The second kappa shape index (κ2) is 6.44. The summed E-state index contributed by atoms with van der Waals surface area (Å²) < 4.78 is 0. The highest BCUT2D eigenvalue weighted by Gasteiger charge is 2.24. The smallest absolute Gasteiger partial charge is 0.227 e. The first-order valence-electron chi connectivity index (χ1n) is 7.28. The zero-order chi connectivity index (χ0) is 15.5. The lowest BCUT2D eigenvalue weighted by molar-refractivity contribution is -0.125. The van der Waals surface area contributed by atoms with Crippen LogP contribution in [0.25, 0.3) is 0 Å². The predicted octanol–water partition coefficient (Wildman–Crippen LogP) is 3.84. The Morgan fingerprint density at radius 1 is 1.33 bits per heavy atom. The summed E-state index contributed by atoms with van der Waals surface area (Å²) in [7, 11) is 0. The fraction of sp³-hybridized carbons (Fsp3) is 0.529. The zero-order valence-corrected chi connectivity index (χ0v) is 13.6. The number of Topliss-reactive ketones (excluding diaryl/α,β-unsaturated/α-hetero) is 1. The van der Waals surface area contributed by atoms with Crippen molar-refractivity contribution in [3.8, 4) is 11.8 Å². The average Bonchev–Trinajstić information content (AvgIpc) is 2.84. The molecule has 1 aromatic heterocycles. The first-order chi connectivity index (χ1) is 9.83. The van der Waals surface area contributed by atoms with E-state index in [0.717, 1.165) is 10.6 Å². The van der Waals surface area contributed by atoms with E-state index in [1.165, 1.54) is 11.3 Å². The van der Waals surface area contributed by atoms with Gasteiger partial charge in [0.25, 0.3) is 0 Å². The summed E-state index contributed by atoms with van der Waals surface area (Å²) in [4.78, 5) is 24.3. The zero-order valence-electron chi connectivity index (χ0n) is 12.8. The Morgan fingerprint density at radius 2 is 2.00 bits per heavy atom. The van der Waals surface area contributed by atoms with Crippen LogP contribution in [0.2, 0.25) is 0 Å². The number of hydrogen-bond donors (Lipinski definition) is 1. The normalized spacial score (nSPS) is 16.2. The molecule has 1 heterocycles. The average molecular weight is 303 g/mol. The van der Waals surface area contributed by atoms with Gasteiger partial charge in [-0.25, -0.2) is 0 Å². The van der Waals surface area contributed by atoms with Crippen LogP contribution in [0, 0.1) is 23.2 Å². The minimum atomic E-state index is -0.0355. The van der Waals surface area contributed by atoms with Crippen molar-refractivity contribution in [3.05, 3.63) is 16.3 Å². The molecule has 0 radical (unpaired) electrons. The van der Waals surface area contributed by atoms with Crippen molar-refractivity contribution < 1.29 is 9.59 Å². The molecule has 1 amide bonds. The third-order valence-electron chi connectivity index (χ3n) is 3.34. The van der Waals surface area contributed by atoms with Gasteiger partial charge in [0.15, 0.2) is 0 Å². The quantitative estimate of drug-likeness (QED) is 0.844. The molecule has 0 aliphatic heterocycles. The van der Waals surface area contributed by atoms with Crippen LogP contribution in [0.3, 0.4) is 0 Å². The molecule has 0 saturated heterocycles. The Hall–Kier alpha value is -1.60. The molecule has 1 aliphatic rings. The lowest BCUT2D eigenvalue weighted by Gasteiger charge is -2.19. The van der Waals surface area contributed by atoms with Gasteiger partial charge in [0, 0.05) is 29.6 Å². The number of hydrogen-bond acceptors (Lipinski definition) is 3. The SMILES string of the molecule is CC(C)(C)C#Cc1cc(NC(=O)C2CCC(=O)CC2)cs1. The predicted molar refractivity (Wildman–Crippen MR) is 86.2 cm³/mol. The van der Waals surface area contributed by atoms with E-state index in [0.29, 0.717) is 25.7 Å². The summed E-state index contributed by atoms with van der Waals surface area (Å²) in [6.07, 6.45) is 2.41. The van der Waals surface area contributed by atoms with Crippen molar-refractivity contribution in [3.63, 3.8) is 0 Å². The number of thiophene rings is 1. The van der Waals surface area contributed by atoms with Crippen LogP contribution in [-0.4, -0.2) is 11.7 Å². The van der Waals surface area contributed by atoms with Gasteiger partial charge in [0.05, 0.1) is 10.6 Å². The van der Waals surface area contributed by atoms with Crippen molar-refractivity contribution >= 4 is 28.7 Å². The Labute approximate surface area is 130 Å². The van der Waals surface area contributed by atoms with Gasteiger partial charge < -0.3 is 5.32 Å². The van der Waals surface area contributed by atoms with Crippen LogP contribution < -0.4 is 5.32 Å². The molecule has 1 fully saturated rings. The molecular weight excluding hydrogens is 282 g/mol. The number of anilines is 1. The fourth-order valence-electron chi connectivity index (χ4n) is 2.16. The Morgan fingerprint density at radius 3 is 2.62 bits per heavy atom. The summed E-state index contributed by atoms with van der Waals surface area (Å²) in [5.41, 5.74) is 0.780. The summed E-state index contributed by atoms with van der Waals surface area (Å²) in [5, 5.41) is 4.85. The van der Waals surface area contributed by atoms with Gasteiger partial charge in [-0.3, -0.25) is 9.59 Å². The minimum absolute atomic E-state index is 0.0237. The molecule has 0 bridgehead atoms. The molecule has 0 aromatic carbocycles. The maximum atomic E-state index is 12.1. The van der Waals surface area contributed by atoms with Crippen LogP contribution in [0.1, 0.15) is 51.3 Å². The van der Waals surface area contributed by atoms with Crippen LogP contribution in [0.5, 0.6) is 0 Å². The van der Waals surface area contributed by atoms with Crippen molar-refractivity contribution in [2.24, 2.45) is 11.3 Å². The second-order valence-electron chi connectivity index (χ2n) is 6.50. The van der Waals surface area contributed by atoms with Crippen molar-refractivity contribution in [2.45, 2.75) is 46.5 Å². The van der Waals surface area contributed by atoms with Gasteiger partial charge in [-0.2, -0.15) is 0 Å². The molecule has 4 heteroatoms. The second-order valence-corrected chi connectivity index (χ2v) is 7.41. The van der Waals surface area contributed by atoms with Crippen LogP contribution in [0.15, 0.2) is 11.4 Å². The summed E-state index contributed by atoms with van der Waals surface area (Å²) in [6.45, 7) is 6.21. The highest BCUT2D eigenvalue weighted by Crippen LogP contribution is 2.25.